The fraction of sp³-hybridized carbons (Fsp3) is 0.603. The standard InChI is InChI=1S/C68H108O6/c1-4-7-10-13-16-19-22-25-27-29-31-33-34-36-37-39-41-43-46-49-52-55-58-61-67(70)73-64-65(63-72-66(69)60-57-54-51-48-45-24-21-18-15-12-9-6-3)74-68(71)62-59-56-53-50-47-44-42-40-38-35-32-30-28-26-23-20-17-14-11-8-5-2/h7-8,10-11,16-17,19-20,25-28,31-33,35-37,40-43,49,52,65H,4-6,9,12-15,18,21-24,29-30,34,38-39,44-48,50-51,53-64H2,1-3H3/b10-7-,11-8-,19-16-,20-17-,27-25-,28-26-,33-31-,35-32-,37-36-,42-40-,43-41-,52-49-. The minimum absolute atomic E-state index is 0.108. The molecule has 0 N–H and O–H groups in total. The smallest absolute Gasteiger partial charge is 0.306 e. The second kappa shape index (κ2) is 60.8. The van der Waals surface area contributed by atoms with Crippen molar-refractivity contribution in [3.8, 4) is 0 Å². The van der Waals surface area contributed by atoms with Crippen molar-refractivity contribution in [3.05, 3.63) is 146 Å². The van der Waals surface area contributed by atoms with Gasteiger partial charge in [-0.25, -0.2) is 0 Å². The molecule has 0 aromatic carbocycles. The summed E-state index contributed by atoms with van der Waals surface area (Å²) in [6.07, 6.45) is 87.0. The first-order valence-electron chi connectivity index (χ1n) is 29.8. The number of unbranched alkanes of at least 4 members (excludes halogenated alkanes) is 17. The SMILES string of the molecule is CC/C=C\C/C=C\C/C=C\C/C=C\C/C=C\C/C=C\C/C=C\CCCC(=O)OCC(COC(=O)CCCCCCCCCCCCCC)OC(=O)CCCCCCC/C=C\C/C=C\C/C=C\C/C=C\C/C=C\CC. The van der Waals surface area contributed by atoms with E-state index in [1.807, 2.05) is 0 Å². The van der Waals surface area contributed by atoms with Gasteiger partial charge in [-0.05, 0) is 116 Å². The molecular weight excluding hydrogens is 913 g/mol. The van der Waals surface area contributed by atoms with Gasteiger partial charge in [0.15, 0.2) is 6.10 Å². The van der Waals surface area contributed by atoms with Crippen LogP contribution in [-0.4, -0.2) is 37.2 Å². The van der Waals surface area contributed by atoms with Gasteiger partial charge in [0.25, 0.3) is 0 Å². The number of rotatable bonds is 52. The van der Waals surface area contributed by atoms with Crippen LogP contribution in [-0.2, 0) is 28.6 Å². The molecule has 0 amide bonds. The van der Waals surface area contributed by atoms with E-state index in [1.54, 1.807) is 0 Å². The molecule has 0 bridgehead atoms. The van der Waals surface area contributed by atoms with Crippen LogP contribution in [0.4, 0.5) is 0 Å². The van der Waals surface area contributed by atoms with Crippen molar-refractivity contribution < 1.29 is 28.6 Å². The van der Waals surface area contributed by atoms with Gasteiger partial charge in [0.2, 0.25) is 0 Å². The van der Waals surface area contributed by atoms with Crippen molar-refractivity contribution in [2.75, 3.05) is 13.2 Å². The molecule has 0 aliphatic rings. The molecule has 0 fully saturated rings. The molecule has 0 spiro atoms. The molecule has 1 atom stereocenters. The Labute approximate surface area is 455 Å². The van der Waals surface area contributed by atoms with Gasteiger partial charge in [-0.1, -0.05) is 256 Å². The predicted molar refractivity (Wildman–Crippen MR) is 320 cm³/mol. The normalized spacial score (nSPS) is 13.2. The van der Waals surface area contributed by atoms with Crippen LogP contribution in [0, 0.1) is 0 Å². The highest BCUT2D eigenvalue weighted by molar-refractivity contribution is 5.71. The van der Waals surface area contributed by atoms with E-state index in [1.165, 1.54) is 57.8 Å². The van der Waals surface area contributed by atoms with Gasteiger partial charge in [0.1, 0.15) is 13.2 Å². The number of carbonyl (C=O) groups excluding carboxylic acids is 3. The summed E-state index contributed by atoms with van der Waals surface area (Å²) in [5.41, 5.74) is 0. The van der Waals surface area contributed by atoms with Crippen molar-refractivity contribution in [2.24, 2.45) is 0 Å². The topological polar surface area (TPSA) is 78.9 Å². The van der Waals surface area contributed by atoms with Crippen LogP contribution in [0.5, 0.6) is 0 Å². The Morgan fingerprint density at radius 1 is 0.284 bits per heavy atom. The summed E-state index contributed by atoms with van der Waals surface area (Å²) in [5.74, 6) is -0.993. The van der Waals surface area contributed by atoms with E-state index in [0.717, 1.165) is 141 Å². The molecule has 416 valence electrons. The quantitative estimate of drug-likeness (QED) is 0.0261. The van der Waals surface area contributed by atoms with Gasteiger partial charge >= 0.3 is 17.9 Å². The molecule has 1 unspecified atom stereocenters. The highest BCUT2D eigenvalue weighted by Crippen LogP contribution is 2.14. The summed E-state index contributed by atoms with van der Waals surface area (Å²) in [5, 5.41) is 0. The lowest BCUT2D eigenvalue weighted by Crippen LogP contribution is -2.30. The highest BCUT2D eigenvalue weighted by atomic mass is 16.6. The lowest BCUT2D eigenvalue weighted by Gasteiger charge is -2.18. The molecule has 6 nitrogen and oxygen atoms in total. The van der Waals surface area contributed by atoms with Crippen LogP contribution in [0.15, 0.2) is 146 Å². The zero-order chi connectivity index (χ0) is 53.6. The minimum atomic E-state index is -0.817. The molecule has 0 saturated heterocycles. The zero-order valence-electron chi connectivity index (χ0n) is 47.5. The summed E-state index contributed by atoms with van der Waals surface area (Å²) in [4.78, 5) is 38.2. The molecule has 6 heteroatoms. The summed E-state index contributed by atoms with van der Waals surface area (Å²) >= 11 is 0. The number of hydrogen-bond donors (Lipinski definition) is 0. The maximum Gasteiger partial charge on any atom is 0.306 e. The largest absolute Gasteiger partial charge is 0.462 e. The van der Waals surface area contributed by atoms with E-state index in [2.05, 4.69) is 167 Å². The molecule has 0 aliphatic carbocycles. The fourth-order valence-corrected chi connectivity index (χ4v) is 7.69. The summed E-state index contributed by atoms with van der Waals surface area (Å²) in [7, 11) is 0. The molecular formula is C68H108O6. The summed E-state index contributed by atoms with van der Waals surface area (Å²) < 4.78 is 16.8. The van der Waals surface area contributed by atoms with Crippen molar-refractivity contribution in [1.82, 2.24) is 0 Å². The van der Waals surface area contributed by atoms with Gasteiger partial charge in [-0.3, -0.25) is 14.4 Å². The second-order valence-electron chi connectivity index (χ2n) is 19.1. The number of carbonyl (C=O) groups is 3. The van der Waals surface area contributed by atoms with Gasteiger partial charge < -0.3 is 14.2 Å². The van der Waals surface area contributed by atoms with Gasteiger partial charge in [0.05, 0.1) is 0 Å². The second-order valence-corrected chi connectivity index (χ2v) is 19.1. The fourth-order valence-electron chi connectivity index (χ4n) is 7.69. The van der Waals surface area contributed by atoms with Crippen LogP contribution in [0.1, 0.15) is 245 Å². The summed E-state index contributed by atoms with van der Waals surface area (Å²) in [6, 6.07) is 0. The molecule has 0 heterocycles. The van der Waals surface area contributed by atoms with Crippen molar-refractivity contribution in [1.29, 1.82) is 0 Å². The first-order valence-corrected chi connectivity index (χ1v) is 29.8. The Balaban J connectivity index is 4.51. The predicted octanol–water partition coefficient (Wildman–Crippen LogP) is 20.4. The van der Waals surface area contributed by atoms with Crippen LogP contribution >= 0.6 is 0 Å². The third-order valence-corrected chi connectivity index (χ3v) is 12.1. The van der Waals surface area contributed by atoms with E-state index < -0.39 is 6.10 Å². The Hall–Kier alpha value is -4.71. The van der Waals surface area contributed by atoms with Crippen LogP contribution in [0.3, 0.4) is 0 Å². The number of allylic oxidation sites excluding steroid dienone is 24. The molecule has 0 aromatic heterocycles. The third kappa shape index (κ3) is 58.2. The maximum absolute atomic E-state index is 12.9. The number of esters is 3. The first kappa shape index (κ1) is 69.3. The van der Waals surface area contributed by atoms with Gasteiger partial charge in [-0.2, -0.15) is 0 Å². The Kier molecular flexibility index (Phi) is 57.0. The van der Waals surface area contributed by atoms with E-state index in [-0.39, 0.29) is 44.0 Å². The molecule has 0 aromatic rings. The van der Waals surface area contributed by atoms with Crippen LogP contribution in [0.2, 0.25) is 0 Å². The zero-order valence-corrected chi connectivity index (χ0v) is 47.5. The van der Waals surface area contributed by atoms with E-state index >= 15 is 0 Å². The lowest BCUT2D eigenvalue weighted by atomic mass is 10.0. The first-order chi connectivity index (χ1) is 36.5. The molecule has 74 heavy (non-hydrogen) atoms. The minimum Gasteiger partial charge on any atom is -0.462 e. The monoisotopic (exact) mass is 1020 g/mol. The van der Waals surface area contributed by atoms with Crippen LogP contribution in [0.25, 0.3) is 0 Å². The Morgan fingerprint density at radius 3 is 0.878 bits per heavy atom. The average molecular weight is 1020 g/mol. The molecule has 0 saturated carbocycles. The van der Waals surface area contributed by atoms with Crippen LogP contribution < -0.4 is 0 Å². The number of ether oxygens (including phenoxy) is 3. The summed E-state index contributed by atoms with van der Waals surface area (Å²) in [6.45, 7) is 6.34. The third-order valence-electron chi connectivity index (χ3n) is 12.1. The van der Waals surface area contributed by atoms with Crippen molar-refractivity contribution >= 4 is 17.9 Å². The Bertz CT molecular complexity index is 1640. The van der Waals surface area contributed by atoms with Crippen molar-refractivity contribution in [3.63, 3.8) is 0 Å². The van der Waals surface area contributed by atoms with E-state index in [0.29, 0.717) is 12.8 Å². The number of hydrogen-bond acceptors (Lipinski definition) is 6. The Morgan fingerprint density at radius 2 is 0.541 bits per heavy atom. The molecule has 0 aliphatic heterocycles. The van der Waals surface area contributed by atoms with Gasteiger partial charge in [-0.15, -0.1) is 0 Å². The van der Waals surface area contributed by atoms with E-state index in [4.69, 9.17) is 14.2 Å². The molecule has 0 rings (SSSR count). The van der Waals surface area contributed by atoms with Crippen molar-refractivity contribution in [2.45, 2.75) is 252 Å². The average Bonchev–Trinajstić information content (AvgIpc) is 3.40. The highest BCUT2D eigenvalue weighted by Gasteiger charge is 2.19. The van der Waals surface area contributed by atoms with Gasteiger partial charge in [0, 0.05) is 19.3 Å². The lowest BCUT2D eigenvalue weighted by molar-refractivity contribution is -0.167. The molecule has 0 radical (unpaired) electrons. The van der Waals surface area contributed by atoms with E-state index in [9.17, 15) is 14.4 Å². The maximum atomic E-state index is 12.9.